The molecule has 29 heavy (non-hydrogen) atoms. The molecule has 5 heteroatoms. The zero-order chi connectivity index (χ0) is 19.6. The molecule has 148 valence electrons. The zero-order valence-electron chi connectivity index (χ0n) is 16.3. The second kappa shape index (κ2) is 5.92. The Labute approximate surface area is 169 Å². The van der Waals surface area contributed by atoms with Crippen LogP contribution in [0, 0.1) is 5.41 Å². The number of carbonyl (C=O) groups excluding carboxylic acids is 1. The Morgan fingerprint density at radius 3 is 2.45 bits per heavy atom. The number of piperidine rings is 1. The van der Waals surface area contributed by atoms with Crippen LogP contribution in [0.2, 0.25) is 0 Å². The fraction of sp³-hybridized carbons (Fsp3) is 0.417. The summed E-state index contributed by atoms with van der Waals surface area (Å²) in [6, 6.07) is 16.4. The molecule has 1 aliphatic heterocycles. The summed E-state index contributed by atoms with van der Waals surface area (Å²) in [5, 5.41) is 10.1. The third-order valence-electron chi connectivity index (χ3n) is 7.21. The van der Waals surface area contributed by atoms with E-state index in [1.807, 2.05) is 29.2 Å². The summed E-state index contributed by atoms with van der Waals surface area (Å²) in [4.78, 5) is 18.8. The highest BCUT2D eigenvalue weighted by Crippen LogP contribution is 2.65. The van der Waals surface area contributed by atoms with Gasteiger partial charge in [-0.3, -0.25) is 4.79 Å². The third kappa shape index (κ3) is 2.79. The number of carbonyl (C=O) groups is 1. The van der Waals surface area contributed by atoms with E-state index >= 15 is 0 Å². The summed E-state index contributed by atoms with van der Waals surface area (Å²) in [7, 11) is 0. The molecule has 0 radical (unpaired) electrons. The maximum absolute atomic E-state index is 12.4. The lowest BCUT2D eigenvalue weighted by Crippen LogP contribution is -2.45. The molecule has 1 N–H and O–H groups in total. The van der Waals surface area contributed by atoms with E-state index in [0.29, 0.717) is 30.1 Å². The number of aliphatic hydroxyl groups is 1. The number of para-hydroxylation sites is 2. The standard InChI is InChI=1S/C24H24N2O3/c27-22(24(28)9-10-24)26-13-11-23(12-14-26)15-18(23)16-5-7-17(8-6-16)21-25-19-3-1-2-4-20(19)29-21/h1-8,18,28H,9-15H2. The molecule has 6 rings (SSSR count). The van der Waals surface area contributed by atoms with Crippen LogP contribution in [0.15, 0.2) is 52.9 Å². The first-order valence-electron chi connectivity index (χ1n) is 10.5. The highest BCUT2D eigenvalue weighted by molar-refractivity contribution is 5.88. The third-order valence-corrected chi connectivity index (χ3v) is 7.21. The average Bonchev–Trinajstić information content (AvgIpc) is 3.62. The van der Waals surface area contributed by atoms with Crippen molar-refractivity contribution in [2.45, 2.75) is 43.6 Å². The first-order chi connectivity index (χ1) is 14.1. The molecule has 2 saturated carbocycles. The van der Waals surface area contributed by atoms with E-state index in [2.05, 4.69) is 29.2 Å². The van der Waals surface area contributed by atoms with E-state index in [0.717, 1.165) is 42.6 Å². The van der Waals surface area contributed by atoms with Crippen LogP contribution in [0.1, 0.15) is 43.6 Å². The highest BCUT2D eigenvalue weighted by Gasteiger charge is 2.57. The Bertz CT molecular complexity index is 1060. The molecule has 1 saturated heterocycles. The van der Waals surface area contributed by atoms with Crippen molar-refractivity contribution in [3.05, 3.63) is 54.1 Å². The van der Waals surface area contributed by atoms with Crippen LogP contribution < -0.4 is 0 Å². The van der Waals surface area contributed by atoms with Gasteiger partial charge in [-0.05, 0) is 73.3 Å². The van der Waals surface area contributed by atoms with Gasteiger partial charge in [-0.25, -0.2) is 4.98 Å². The van der Waals surface area contributed by atoms with Gasteiger partial charge in [0.05, 0.1) is 0 Å². The Morgan fingerprint density at radius 2 is 1.76 bits per heavy atom. The fourth-order valence-corrected chi connectivity index (χ4v) is 5.01. The Hall–Kier alpha value is -2.66. The predicted octanol–water partition coefficient (Wildman–Crippen LogP) is 4.12. The number of hydrogen-bond acceptors (Lipinski definition) is 4. The van der Waals surface area contributed by atoms with Crippen molar-refractivity contribution in [2.75, 3.05) is 13.1 Å². The molecule has 1 amide bonds. The summed E-state index contributed by atoms with van der Waals surface area (Å²) in [6.45, 7) is 1.55. The molecule has 2 aliphatic carbocycles. The van der Waals surface area contributed by atoms with E-state index in [9.17, 15) is 9.90 Å². The number of oxazole rings is 1. The van der Waals surface area contributed by atoms with Crippen LogP contribution >= 0.6 is 0 Å². The number of hydrogen-bond donors (Lipinski definition) is 1. The molecular formula is C24H24N2O3. The van der Waals surface area contributed by atoms with Gasteiger partial charge in [0, 0.05) is 18.7 Å². The molecule has 2 heterocycles. The average molecular weight is 388 g/mol. The Balaban J connectivity index is 1.14. The van der Waals surface area contributed by atoms with Crippen molar-refractivity contribution >= 4 is 17.0 Å². The van der Waals surface area contributed by atoms with Gasteiger partial charge in [-0.1, -0.05) is 24.3 Å². The summed E-state index contributed by atoms with van der Waals surface area (Å²) in [5.41, 5.74) is 3.36. The highest BCUT2D eigenvalue weighted by atomic mass is 16.3. The van der Waals surface area contributed by atoms with Gasteiger partial charge in [-0.15, -0.1) is 0 Å². The topological polar surface area (TPSA) is 66.6 Å². The van der Waals surface area contributed by atoms with Gasteiger partial charge >= 0.3 is 0 Å². The maximum atomic E-state index is 12.4. The van der Waals surface area contributed by atoms with E-state index < -0.39 is 5.60 Å². The second-order valence-electron chi connectivity index (χ2n) is 9.05. The minimum Gasteiger partial charge on any atom is -0.436 e. The summed E-state index contributed by atoms with van der Waals surface area (Å²) >= 11 is 0. The molecule has 5 nitrogen and oxygen atoms in total. The van der Waals surface area contributed by atoms with Crippen molar-refractivity contribution in [3.8, 4) is 11.5 Å². The van der Waals surface area contributed by atoms with Crippen molar-refractivity contribution in [3.63, 3.8) is 0 Å². The predicted molar refractivity (Wildman–Crippen MR) is 109 cm³/mol. The van der Waals surface area contributed by atoms with E-state index in [1.165, 1.54) is 12.0 Å². The van der Waals surface area contributed by atoms with Crippen LogP contribution in [0.4, 0.5) is 0 Å². The summed E-state index contributed by atoms with van der Waals surface area (Å²) in [6.07, 6.45) is 4.52. The number of fused-ring (bicyclic) bond motifs is 1. The fourth-order valence-electron chi connectivity index (χ4n) is 5.01. The van der Waals surface area contributed by atoms with Crippen LogP contribution in [0.3, 0.4) is 0 Å². The SMILES string of the molecule is O=C(N1CCC2(CC1)CC2c1ccc(-c2nc3ccccc3o2)cc1)C1(O)CC1. The molecule has 1 unspecified atom stereocenters. The van der Waals surface area contributed by atoms with Crippen molar-refractivity contribution < 1.29 is 14.3 Å². The number of benzene rings is 2. The maximum Gasteiger partial charge on any atom is 0.254 e. The van der Waals surface area contributed by atoms with Crippen LogP contribution in [0.5, 0.6) is 0 Å². The number of aromatic nitrogens is 1. The number of likely N-dealkylation sites (tertiary alicyclic amines) is 1. The van der Waals surface area contributed by atoms with Gasteiger partial charge in [-0.2, -0.15) is 0 Å². The second-order valence-corrected chi connectivity index (χ2v) is 9.05. The largest absolute Gasteiger partial charge is 0.436 e. The first kappa shape index (κ1) is 17.2. The van der Waals surface area contributed by atoms with E-state index in [-0.39, 0.29) is 5.91 Å². The number of amides is 1. The molecule has 0 bridgehead atoms. The molecule has 1 aromatic heterocycles. The minimum absolute atomic E-state index is 0.0489. The van der Waals surface area contributed by atoms with E-state index in [4.69, 9.17) is 4.42 Å². The van der Waals surface area contributed by atoms with Crippen molar-refractivity contribution in [1.29, 1.82) is 0 Å². The van der Waals surface area contributed by atoms with Gasteiger partial charge < -0.3 is 14.4 Å². The van der Waals surface area contributed by atoms with Crippen molar-refractivity contribution in [2.24, 2.45) is 5.41 Å². The quantitative estimate of drug-likeness (QED) is 0.733. The molecule has 3 aromatic rings. The minimum atomic E-state index is -1.03. The molecule has 1 atom stereocenters. The molecule has 3 aliphatic rings. The first-order valence-corrected chi connectivity index (χ1v) is 10.5. The van der Waals surface area contributed by atoms with Crippen LogP contribution in [0.25, 0.3) is 22.6 Å². The van der Waals surface area contributed by atoms with Crippen LogP contribution in [-0.4, -0.2) is 39.6 Å². The van der Waals surface area contributed by atoms with Gasteiger partial charge in [0.15, 0.2) is 5.58 Å². The smallest absolute Gasteiger partial charge is 0.254 e. The molecular weight excluding hydrogens is 364 g/mol. The normalized spacial score (nSPS) is 24.0. The van der Waals surface area contributed by atoms with Crippen molar-refractivity contribution in [1.82, 2.24) is 9.88 Å². The van der Waals surface area contributed by atoms with Gasteiger partial charge in [0.1, 0.15) is 11.1 Å². The number of rotatable bonds is 3. The van der Waals surface area contributed by atoms with Crippen LogP contribution in [-0.2, 0) is 4.79 Å². The monoisotopic (exact) mass is 388 g/mol. The Kier molecular flexibility index (Phi) is 3.52. The Morgan fingerprint density at radius 1 is 1.03 bits per heavy atom. The molecule has 3 fully saturated rings. The van der Waals surface area contributed by atoms with Gasteiger partial charge in [0.25, 0.3) is 5.91 Å². The van der Waals surface area contributed by atoms with E-state index in [1.54, 1.807) is 0 Å². The molecule has 1 spiro atoms. The number of nitrogens with zero attached hydrogens (tertiary/aromatic N) is 2. The van der Waals surface area contributed by atoms with Gasteiger partial charge in [0.2, 0.25) is 5.89 Å². The summed E-state index contributed by atoms with van der Waals surface area (Å²) in [5.74, 6) is 1.18. The zero-order valence-corrected chi connectivity index (χ0v) is 16.3. The molecule has 2 aromatic carbocycles. The lowest BCUT2D eigenvalue weighted by molar-refractivity contribution is -0.144. The summed E-state index contributed by atoms with van der Waals surface area (Å²) < 4.78 is 5.88. The lowest BCUT2D eigenvalue weighted by Gasteiger charge is -2.34. The lowest BCUT2D eigenvalue weighted by atomic mass is 9.88.